The molecule has 0 bridgehead atoms. The summed E-state index contributed by atoms with van der Waals surface area (Å²) in [7, 11) is 0. The van der Waals surface area contributed by atoms with Gasteiger partial charge in [-0.1, -0.05) is 31.4 Å². The van der Waals surface area contributed by atoms with Crippen molar-refractivity contribution in [2.45, 2.75) is 65.4 Å². The van der Waals surface area contributed by atoms with Crippen molar-refractivity contribution in [2.24, 2.45) is 5.41 Å². The van der Waals surface area contributed by atoms with E-state index in [2.05, 4.69) is 0 Å². The minimum absolute atomic E-state index is 0.166. The van der Waals surface area contributed by atoms with Crippen LogP contribution in [0, 0.1) is 5.41 Å². The highest BCUT2D eigenvalue weighted by Crippen LogP contribution is 2.26. The van der Waals surface area contributed by atoms with Gasteiger partial charge in [0.1, 0.15) is 6.10 Å². The molecule has 0 unspecified atom stereocenters. The van der Waals surface area contributed by atoms with Crippen LogP contribution in [-0.4, -0.2) is 18.7 Å². The van der Waals surface area contributed by atoms with Gasteiger partial charge in [-0.3, -0.25) is 4.79 Å². The van der Waals surface area contributed by atoms with E-state index in [1.54, 1.807) is 0 Å². The van der Waals surface area contributed by atoms with Crippen LogP contribution in [0.2, 0.25) is 0 Å². The highest BCUT2D eigenvalue weighted by atomic mass is 17.2. The lowest BCUT2D eigenvalue weighted by Crippen LogP contribution is -2.28. The molecule has 1 aromatic rings. The number of esters is 1. The highest BCUT2D eigenvalue weighted by Gasteiger charge is 2.29. The van der Waals surface area contributed by atoms with Gasteiger partial charge in [0.05, 0.1) is 12.0 Å². The quantitative estimate of drug-likeness (QED) is 0.423. The van der Waals surface area contributed by atoms with Crippen LogP contribution in [0.1, 0.15) is 58.4 Å². The summed E-state index contributed by atoms with van der Waals surface area (Å²) < 4.78 is 5.12. The van der Waals surface area contributed by atoms with Crippen LogP contribution < -0.4 is 4.89 Å². The smallest absolute Gasteiger partial charge is 0.311 e. The number of hydrogen-bond acceptors (Lipinski definition) is 4. The van der Waals surface area contributed by atoms with Crippen molar-refractivity contribution in [2.75, 3.05) is 6.61 Å². The topological polar surface area (TPSA) is 44.8 Å². The number of carbonyl (C=O) groups excluding carboxylic acids is 1. The van der Waals surface area contributed by atoms with Crippen LogP contribution in [0.3, 0.4) is 0 Å². The molecule has 0 amide bonds. The van der Waals surface area contributed by atoms with Crippen molar-refractivity contribution in [1.29, 1.82) is 0 Å². The zero-order valence-electron chi connectivity index (χ0n) is 14.5. The molecular formula is C19H28O4. The number of rotatable bonds is 7. The molecule has 1 aliphatic rings. The first kappa shape index (κ1) is 17.8. The fourth-order valence-electron chi connectivity index (χ4n) is 2.86. The maximum absolute atomic E-state index is 11.9. The molecule has 4 heteroatoms. The van der Waals surface area contributed by atoms with Crippen molar-refractivity contribution in [3.63, 3.8) is 0 Å². The zero-order valence-corrected chi connectivity index (χ0v) is 14.5. The predicted molar refractivity (Wildman–Crippen MR) is 89.1 cm³/mol. The van der Waals surface area contributed by atoms with E-state index in [1.807, 2.05) is 45.0 Å². The Morgan fingerprint density at radius 2 is 1.78 bits per heavy atom. The maximum atomic E-state index is 11.9. The van der Waals surface area contributed by atoms with Crippen LogP contribution >= 0.6 is 0 Å². The number of benzene rings is 1. The third kappa shape index (κ3) is 5.54. The molecule has 0 N–H and O–H groups in total. The Morgan fingerprint density at radius 3 is 2.39 bits per heavy atom. The molecule has 0 spiro atoms. The minimum Gasteiger partial charge on any atom is -0.466 e. The molecule has 2 rings (SSSR count). The van der Waals surface area contributed by atoms with Crippen LogP contribution in [0.4, 0.5) is 0 Å². The first-order valence-corrected chi connectivity index (χ1v) is 8.61. The first-order valence-electron chi connectivity index (χ1n) is 8.61. The summed E-state index contributed by atoms with van der Waals surface area (Å²) in [6.07, 6.45) is 6.73. The molecule has 0 saturated heterocycles. The maximum Gasteiger partial charge on any atom is 0.311 e. The molecule has 1 aliphatic carbocycles. The van der Waals surface area contributed by atoms with Crippen LogP contribution in [0.15, 0.2) is 24.3 Å². The molecule has 1 fully saturated rings. The van der Waals surface area contributed by atoms with Gasteiger partial charge in [-0.05, 0) is 57.7 Å². The standard InChI is InChI=1S/C19H28O4/c1-4-21-18(20)19(2,3)14-15-10-12-17(13-11-15)23-22-16-8-6-5-7-9-16/h10-13,16H,4-9,14H2,1-3H3. The van der Waals surface area contributed by atoms with Gasteiger partial charge in [0.2, 0.25) is 0 Å². The zero-order chi connectivity index (χ0) is 16.7. The summed E-state index contributed by atoms with van der Waals surface area (Å²) in [6.45, 7) is 6.04. The Labute approximate surface area is 139 Å². The van der Waals surface area contributed by atoms with Gasteiger partial charge in [0.15, 0.2) is 5.75 Å². The van der Waals surface area contributed by atoms with Crippen molar-refractivity contribution >= 4 is 5.97 Å². The third-order valence-electron chi connectivity index (χ3n) is 4.23. The van der Waals surface area contributed by atoms with Gasteiger partial charge in [-0.15, -0.1) is 0 Å². The lowest BCUT2D eigenvalue weighted by Gasteiger charge is -2.22. The second-order valence-corrected chi connectivity index (χ2v) is 6.86. The molecule has 128 valence electrons. The van der Waals surface area contributed by atoms with Crippen molar-refractivity contribution in [3.05, 3.63) is 29.8 Å². The Hall–Kier alpha value is -1.55. The van der Waals surface area contributed by atoms with Gasteiger partial charge in [0, 0.05) is 0 Å². The molecule has 0 atom stereocenters. The SMILES string of the molecule is CCOC(=O)C(C)(C)Cc1ccc(OOC2CCCCC2)cc1. The number of hydrogen-bond donors (Lipinski definition) is 0. The molecule has 4 nitrogen and oxygen atoms in total. The van der Waals surface area contributed by atoms with E-state index in [0.717, 1.165) is 18.4 Å². The summed E-state index contributed by atoms with van der Waals surface area (Å²) in [5.41, 5.74) is 0.546. The summed E-state index contributed by atoms with van der Waals surface area (Å²) in [6, 6.07) is 7.72. The van der Waals surface area contributed by atoms with Gasteiger partial charge >= 0.3 is 5.97 Å². The van der Waals surface area contributed by atoms with Crippen molar-refractivity contribution < 1.29 is 19.3 Å². The Bertz CT molecular complexity index is 487. The van der Waals surface area contributed by atoms with Crippen LogP contribution in [-0.2, 0) is 20.8 Å². The Morgan fingerprint density at radius 1 is 1.13 bits per heavy atom. The molecule has 0 aliphatic heterocycles. The minimum atomic E-state index is -0.531. The highest BCUT2D eigenvalue weighted by molar-refractivity contribution is 5.76. The normalized spacial score (nSPS) is 16.1. The van der Waals surface area contributed by atoms with Crippen LogP contribution in [0.25, 0.3) is 0 Å². The Balaban J connectivity index is 1.85. The van der Waals surface area contributed by atoms with Gasteiger partial charge in [-0.2, -0.15) is 4.89 Å². The summed E-state index contributed by atoms with van der Waals surface area (Å²) >= 11 is 0. The summed E-state index contributed by atoms with van der Waals surface area (Å²) in [5.74, 6) is 0.536. The van der Waals surface area contributed by atoms with E-state index in [4.69, 9.17) is 14.5 Å². The van der Waals surface area contributed by atoms with Gasteiger partial charge in [-0.25, -0.2) is 0 Å². The van der Waals surface area contributed by atoms with Crippen molar-refractivity contribution in [3.8, 4) is 5.75 Å². The number of carbonyl (C=O) groups is 1. The van der Waals surface area contributed by atoms with E-state index in [0.29, 0.717) is 18.8 Å². The molecule has 0 radical (unpaired) electrons. The lowest BCUT2D eigenvalue weighted by molar-refractivity contribution is -0.250. The van der Waals surface area contributed by atoms with Gasteiger partial charge < -0.3 is 9.62 Å². The fourth-order valence-corrected chi connectivity index (χ4v) is 2.86. The van der Waals surface area contributed by atoms with Gasteiger partial charge in [0.25, 0.3) is 0 Å². The lowest BCUT2D eigenvalue weighted by atomic mass is 9.86. The largest absolute Gasteiger partial charge is 0.466 e. The second kappa shape index (κ2) is 8.34. The molecule has 1 aromatic carbocycles. The van der Waals surface area contributed by atoms with Crippen molar-refractivity contribution in [1.82, 2.24) is 0 Å². The Kier molecular flexibility index (Phi) is 6.46. The third-order valence-corrected chi connectivity index (χ3v) is 4.23. The number of ether oxygens (including phenoxy) is 1. The first-order chi connectivity index (χ1) is 11.0. The average molecular weight is 320 g/mol. The fraction of sp³-hybridized carbons (Fsp3) is 0.632. The van der Waals surface area contributed by atoms with E-state index in [1.165, 1.54) is 19.3 Å². The molecule has 23 heavy (non-hydrogen) atoms. The summed E-state index contributed by atoms with van der Waals surface area (Å²) in [4.78, 5) is 22.9. The molecule has 0 aromatic heterocycles. The van der Waals surface area contributed by atoms with E-state index in [9.17, 15) is 4.79 Å². The van der Waals surface area contributed by atoms with E-state index < -0.39 is 5.41 Å². The molecule has 0 heterocycles. The monoisotopic (exact) mass is 320 g/mol. The summed E-state index contributed by atoms with van der Waals surface area (Å²) in [5, 5.41) is 0. The molecular weight excluding hydrogens is 292 g/mol. The van der Waals surface area contributed by atoms with E-state index >= 15 is 0 Å². The molecule has 1 saturated carbocycles. The van der Waals surface area contributed by atoms with E-state index in [-0.39, 0.29) is 12.1 Å². The van der Waals surface area contributed by atoms with Crippen LogP contribution in [0.5, 0.6) is 5.75 Å². The average Bonchev–Trinajstić information content (AvgIpc) is 2.55. The second-order valence-electron chi connectivity index (χ2n) is 6.86. The predicted octanol–water partition coefficient (Wildman–Crippen LogP) is 4.46.